The summed E-state index contributed by atoms with van der Waals surface area (Å²) in [6, 6.07) is 15.0. The van der Waals surface area contributed by atoms with Crippen LogP contribution in [0.2, 0.25) is 0 Å². The standard InChI is InChI=1S/C28H23BFN7O2/c1-34-15-32-23-24(34)21-13-22(17-10-16(14-31)11-18(30)12-17)36(25(21)33-26(23)35(2)29)8-5-9-37-27(38)19-6-3-4-7-20(19)28(37)39/h3-4,6-7,10-13,15H,5,8-9,29H2,1-2H3. The molecule has 9 nitrogen and oxygen atoms in total. The number of aryl methyl sites for hydroxylation is 2. The molecule has 1 aliphatic heterocycles. The molecule has 3 aromatic heterocycles. The van der Waals surface area contributed by atoms with Gasteiger partial charge >= 0.3 is 0 Å². The van der Waals surface area contributed by atoms with Gasteiger partial charge in [0.05, 0.1) is 40.3 Å². The maximum Gasteiger partial charge on any atom is 0.261 e. The second-order valence-corrected chi connectivity index (χ2v) is 9.80. The summed E-state index contributed by atoms with van der Waals surface area (Å²) in [5, 5.41) is 10.3. The van der Waals surface area contributed by atoms with Gasteiger partial charge in [0.1, 0.15) is 22.8 Å². The molecule has 6 rings (SSSR count). The highest BCUT2D eigenvalue weighted by Gasteiger charge is 2.34. The maximum atomic E-state index is 14.5. The molecule has 2 aromatic carbocycles. The number of hydrogen-bond donors (Lipinski definition) is 0. The van der Waals surface area contributed by atoms with E-state index in [1.54, 1.807) is 36.7 Å². The van der Waals surface area contributed by atoms with Crippen LogP contribution in [0.25, 0.3) is 33.3 Å². The fourth-order valence-corrected chi connectivity index (χ4v) is 5.31. The van der Waals surface area contributed by atoms with Gasteiger partial charge in [-0.25, -0.2) is 14.4 Å². The van der Waals surface area contributed by atoms with E-state index in [1.165, 1.54) is 17.0 Å². The Morgan fingerprint density at radius 3 is 2.46 bits per heavy atom. The number of nitrogens with zero attached hydrogens (tertiary/aromatic N) is 7. The monoisotopic (exact) mass is 519 g/mol. The molecule has 0 bridgehead atoms. The first-order valence-electron chi connectivity index (χ1n) is 12.5. The predicted octanol–water partition coefficient (Wildman–Crippen LogP) is 3.27. The number of amides is 2. The van der Waals surface area contributed by atoms with E-state index in [4.69, 9.17) is 4.98 Å². The first-order valence-corrected chi connectivity index (χ1v) is 12.5. The lowest BCUT2D eigenvalue weighted by Crippen LogP contribution is -2.31. The molecule has 0 radical (unpaired) electrons. The normalized spacial score (nSPS) is 12.9. The minimum Gasteiger partial charge on any atom is -0.408 e. The number of carbonyl (C=O) groups is 2. The van der Waals surface area contributed by atoms with Gasteiger partial charge in [0, 0.05) is 31.1 Å². The van der Waals surface area contributed by atoms with Crippen LogP contribution in [0.1, 0.15) is 32.7 Å². The summed E-state index contributed by atoms with van der Waals surface area (Å²) in [5.41, 5.74) is 4.52. The van der Waals surface area contributed by atoms with Crippen LogP contribution >= 0.6 is 0 Å². The molecule has 0 aliphatic carbocycles. The summed E-state index contributed by atoms with van der Waals surface area (Å²) in [6.07, 6.45) is 2.18. The Bertz CT molecular complexity index is 1830. The van der Waals surface area contributed by atoms with Crippen molar-refractivity contribution in [1.82, 2.24) is 24.0 Å². The SMILES string of the molecule is BN(C)c1nc2c(cc(-c3cc(F)cc(C#N)c3)n2CCCN2C(=O)c3ccccc3C2=O)c2c1ncn2C. The topological polar surface area (TPSA) is 100 Å². The second kappa shape index (κ2) is 9.10. The molecule has 0 spiro atoms. The zero-order valence-corrected chi connectivity index (χ0v) is 21.6. The summed E-state index contributed by atoms with van der Waals surface area (Å²) in [5.74, 6) is -0.441. The third-order valence-electron chi connectivity index (χ3n) is 7.07. The Hall–Kier alpha value is -4.98. The number of halogens is 1. The quantitative estimate of drug-likeness (QED) is 0.252. The zero-order chi connectivity index (χ0) is 27.4. The molecule has 0 N–H and O–H groups in total. The van der Waals surface area contributed by atoms with Crippen molar-refractivity contribution in [3.63, 3.8) is 0 Å². The molecule has 0 atom stereocenters. The van der Waals surface area contributed by atoms with Crippen molar-refractivity contribution in [3.8, 4) is 17.3 Å². The van der Waals surface area contributed by atoms with Gasteiger partial charge in [-0.3, -0.25) is 14.5 Å². The molecule has 2 amide bonds. The first-order chi connectivity index (χ1) is 18.8. The van der Waals surface area contributed by atoms with Gasteiger partial charge in [-0.1, -0.05) is 12.1 Å². The largest absolute Gasteiger partial charge is 0.408 e. The molecule has 0 saturated heterocycles. The smallest absolute Gasteiger partial charge is 0.261 e. The predicted molar refractivity (Wildman–Crippen MR) is 147 cm³/mol. The summed E-state index contributed by atoms with van der Waals surface area (Å²) in [7, 11) is 5.69. The summed E-state index contributed by atoms with van der Waals surface area (Å²) in [4.78, 5) is 38.4. The summed E-state index contributed by atoms with van der Waals surface area (Å²) < 4.78 is 18.4. The van der Waals surface area contributed by atoms with E-state index in [1.807, 2.05) is 48.2 Å². The Kier molecular flexibility index (Phi) is 5.68. The number of anilines is 1. The van der Waals surface area contributed by atoms with E-state index in [2.05, 4.69) is 4.98 Å². The Morgan fingerprint density at radius 1 is 1.08 bits per heavy atom. The van der Waals surface area contributed by atoms with Crippen molar-refractivity contribution in [2.75, 3.05) is 18.4 Å². The van der Waals surface area contributed by atoms with Crippen molar-refractivity contribution in [2.45, 2.75) is 13.0 Å². The molecule has 39 heavy (non-hydrogen) atoms. The third-order valence-corrected chi connectivity index (χ3v) is 7.07. The van der Waals surface area contributed by atoms with Gasteiger partial charge in [-0.2, -0.15) is 5.26 Å². The highest BCUT2D eigenvalue weighted by molar-refractivity contribution is 6.21. The molecule has 5 aromatic rings. The Labute approximate surface area is 224 Å². The number of imide groups is 1. The average molecular weight is 519 g/mol. The molecule has 0 unspecified atom stereocenters. The van der Waals surface area contributed by atoms with Crippen LogP contribution in [0.15, 0.2) is 54.9 Å². The molecule has 11 heteroatoms. The van der Waals surface area contributed by atoms with Gasteiger partial charge in [0.15, 0.2) is 0 Å². The molecule has 192 valence electrons. The van der Waals surface area contributed by atoms with Crippen molar-refractivity contribution in [2.24, 2.45) is 7.05 Å². The minimum atomic E-state index is -0.514. The lowest BCUT2D eigenvalue weighted by molar-refractivity contribution is 0.0651. The van der Waals surface area contributed by atoms with Gasteiger partial charge in [-0.15, -0.1) is 0 Å². The van der Waals surface area contributed by atoms with Crippen LogP contribution in [0.5, 0.6) is 0 Å². The second-order valence-electron chi connectivity index (χ2n) is 9.80. The van der Waals surface area contributed by atoms with E-state index in [9.17, 15) is 19.2 Å². The van der Waals surface area contributed by atoms with Crippen LogP contribution in [0, 0.1) is 17.1 Å². The van der Waals surface area contributed by atoms with Crippen LogP contribution in [-0.2, 0) is 13.6 Å². The average Bonchev–Trinajstić information content (AvgIpc) is 3.56. The van der Waals surface area contributed by atoms with Crippen LogP contribution in [0.4, 0.5) is 10.2 Å². The highest BCUT2D eigenvalue weighted by Crippen LogP contribution is 2.36. The van der Waals surface area contributed by atoms with Crippen molar-refractivity contribution < 1.29 is 14.0 Å². The van der Waals surface area contributed by atoms with Crippen molar-refractivity contribution in [1.29, 1.82) is 5.26 Å². The Morgan fingerprint density at radius 2 is 1.79 bits per heavy atom. The Balaban J connectivity index is 1.46. The first kappa shape index (κ1) is 24.4. The van der Waals surface area contributed by atoms with Gasteiger partial charge in [0.2, 0.25) is 7.98 Å². The lowest BCUT2D eigenvalue weighted by Gasteiger charge is -2.17. The number of imidazole rings is 1. The lowest BCUT2D eigenvalue weighted by atomic mass is 10.1. The van der Waals surface area contributed by atoms with Crippen LogP contribution < -0.4 is 4.81 Å². The third kappa shape index (κ3) is 3.84. The number of pyridine rings is 1. The van der Waals surface area contributed by atoms with Gasteiger partial charge in [-0.05, 0) is 49.9 Å². The molecule has 4 heterocycles. The van der Waals surface area contributed by atoms with E-state index < -0.39 is 5.82 Å². The molecular weight excluding hydrogens is 496 g/mol. The number of aromatic nitrogens is 4. The van der Waals surface area contributed by atoms with E-state index in [-0.39, 0.29) is 23.9 Å². The highest BCUT2D eigenvalue weighted by atomic mass is 19.1. The van der Waals surface area contributed by atoms with Crippen molar-refractivity contribution in [3.05, 3.63) is 77.4 Å². The number of benzene rings is 2. The number of fused-ring (bicyclic) bond motifs is 4. The van der Waals surface area contributed by atoms with Crippen LogP contribution in [0.3, 0.4) is 0 Å². The molecule has 0 fully saturated rings. The number of nitriles is 1. The van der Waals surface area contributed by atoms with Gasteiger partial charge < -0.3 is 13.9 Å². The zero-order valence-electron chi connectivity index (χ0n) is 21.6. The number of carbonyl (C=O) groups excluding carboxylic acids is 2. The van der Waals surface area contributed by atoms with Crippen LogP contribution in [-0.4, -0.2) is 57.4 Å². The summed E-state index contributed by atoms with van der Waals surface area (Å²) >= 11 is 0. The van der Waals surface area contributed by atoms with Crippen molar-refractivity contribution >= 4 is 47.7 Å². The molecular formula is C28H23BFN7O2. The van der Waals surface area contributed by atoms with Gasteiger partial charge in [0.25, 0.3) is 11.8 Å². The summed E-state index contributed by atoms with van der Waals surface area (Å²) in [6.45, 7) is 0.612. The molecule has 1 aliphatic rings. The van der Waals surface area contributed by atoms with E-state index in [0.717, 1.165) is 16.4 Å². The fourth-order valence-electron chi connectivity index (χ4n) is 5.31. The number of hydrogen-bond acceptors (Lipinski definition) is 6. The maximum absolute atomic E-state index is 14.5. The van der Waals surface area contributed by atoms with E-state index in [0.29, 0.717) is 46.8 Å². The fraction of sp³-hybridized carbons (Fsp3) is 0.179. The van der Waals surface area contributed by atoms with E-state index >= 15 is 0 Å². The molecule has 0 saturated carbocycles. The number of rotatable bonds is 6. The minimum absolute atomic E-state index is 0.209.